The lowest BCUT2D eigenvalue weighted by atomic mass is 10.0. The molecule has 2 aromatic carbocycles. The van der Waals surface area contributed by atoms with Gasteiger partial charge in [-0.15, -0.1) is 11.8 Å². The van der Waals surface area contributed by atoms with Gasteiger partial charge in [0.05, 0.1) is 16.3 Å². The van der Waals surface area contributed by atoms with Crippen molar-refractivity contribution in [2.24, 2.45) is 0 Å². The molecular formula is C23H25N3O4S2. The van der Waals surface area contributed by atoms with Gasteiger partial charge < -0.3 is 4.90 Å². The lowest BCUT2D eigenvalue weighted by Gasteiger charge is -2.33. The highest BCUT2D eigenvalue weighted by Gasteiger charge is 2.60. The molecule has 1 atom stereocenters. The maximum absolute atomic E-state index is 13.6. The van der Waals surface area contributed by atoms with Crippen LogP contribution in [0.25, 0.3) is 0 Å². The largest absolute Gasteiger partial charge is 0.309 e. The second-order valence-corrected chi connectivity index (χ2v) is 11.3. The Morgan fingerprint density at radius 2 is 1.66 bits per heavy atom. The predicted molar refractivity (Wildman–Crippen MR) is 125 cm³/mol. The molecule has 9 heteroatoms. The van der Waals surface area contributed by atoms with E-state index in [9.17, 15) is 18.0 Å². The molecule has 7 nitrogen and oxygen atoms in total. The number of hydrogen-bond acceptors (Lipinski definition) is 5. The molecule has 3 aliphatic heterocycles. The molecule has 2 aromatic rings. The molecule has 2 saturated heterocycles. The number of nitrogens with zero attached hydrogens (tertiary/aromatic N) is 3. The summed E-state index contributed by atoms with van der Waals surface area (Å²) in [6, 6.07) is 14.0. The summed E-state index contributed by atoms with van der Waals surface area (Å²) in [4.78, 5) is 28.9. The Morgan fingerprint density at radius 1 is 0.969 bits per heavy atom. The van der Waals surface area contributed by atoms with Gasteiger partial charge in [0.1, 0.15) is 0 Å². The highest BCUT2D eigenvalue weighted by molar-refractivity contribution is 8.02. The molecule has 2 amide bonds. The molecule has 1 spiro atoms. The first-order valence-corrected chi connectivity index (χ1v) is 13.3. The van der Waals surface area contributed by atoms with E-state index in [0.717, 1.165) is 30.5 Å². The van der Waals surface area contributed by atoms with E-state index in [4.69, 9.17) is 0 Å². The summed E-state index contributed by atoms with van der Waals surface area (Å²) in [6.07, 6.45) is 2.79. The standard InChI is InChI=1S/C23H25N3O4S2/c1-2-25-20-9-5-4-8-19(20)23(22(25)28)26(21(27)16-31-23)17-10-12-18(13-11-17)32(29,30)24-14-6-3-7-15-24/h4-5,8-13H,2-3,6-7,14-16H2,1H3. The van der Waals surface area contributed by atoms with Crippen molar-refractivity contribution in [3.05, 3.63) is 54.1 Å². The minimum Gasteiger partial charge on any atom is -0.309 e. The molecule has 0 bridgehead atoms. The number of carbonyl (C=O) groups excluding carboxylic acids is 2. The number of anilines is 2. The molecule has 1 unspecified atom stereocenters. The number of amides is 2. The van der Waals surface area contributed by atoms with E-state index in [1.165, 1.54) is 16.1 Å². The number of thioether (sulfide) groups is 1. The molecule has 5 rings (SSSR count). The van der Waals surface area contributed by atoms with Crippen LogP contribution in [-0.4, -0.2) is 49.9 Å². The molecule has 0 aliphatic carbocycles. The Balaban J connectivity index is 1.54. The van der Waals surface area contributed by atoms with Crippen molar-refractivity contribution < 1.29 is 18.0 Å². The molecular weight excluding hydrogens is 446 g/mol. The number of para-hydroxylation sites is 1. The third kappa shape index (κ3) is 3.02. The van der Waals surface area contributed by atoms with Crippen LogP contribution in [0.1, 0.15) is 31.7 Å². The fraction of sp³-hybridized carbons (Fsp3) is 0.391. The Morgan fingerprint density at radius 3 is 2.34 bits per heavy atom. The van der Waals surface area contributed by atoms with E-state index in [1.54, 1.807) is 34.1 Å². The zero-order valence-electron chi connectivity index (χ0n) is 17.9. The van der Waals surface area contributed by atoms with Gasteiger partial charge in [-0.2, -0.15) is 4.31 Å². The summed E-state index contributed by atoms with van der Waals surface area (Å²) < 4.78 is 27.6. The van der Waals surface area contributed by atoms with Crippen molar-refractivity contribution in [2.45, 2.75) is 36.0 Å². The summed E-state index contributed by atoms with van der Waals surface area (Å²) in [5.41, 5.74) is 2.14. The van der Waals surface area contributed by atoms with Crippen molar-refractivity contribution in [3.63, 3.8) is 0 Å². The second kappa shape index (κ2) is 7.90. The van der Waals surface area contributed by atoms with Gasteiger partial charge in [-0.25, -0.2) is 8.42 Å². The fourth-order valence-corrected chi connectivity index (χ4v) is 7.77. The zero-order chi connectivity index (χ0) is 22.5. The van der Waals surface area contributed by atoms with Crippen molar-refractivity contribution in [2.75, 3.05) is 35.2 Å². The van der Waals surface area contributed by atoms with Crippen LogP contribution in [0.2, 0.25) is 0 Å². The van der Waals surface area contributed by atoms with Gasteiger partial charge in [-0.05, 0) is 50.1 Å². The molecule has 2 fully saturated rings. The van der Waals surface area contributed by atoms with E-state index >= 15 is 0 Å². The monoisotopic (exact) mass is 471 g/mol. The van der Waals surface area contributed by atoms with E-state index in [0.29, 0.717) is 25.3 Å². The summed E-state index contributed by atoms with van der Waals surface area (Å²) in [5, 5.41) is 0. The van der Waals surface area contributed by atoms with Gasteiger partial charge >= 0.3 is 0 Å². The lowest BCUT2D eigenvalue weighted by molar-refractivity contribution is -0.123. The number of benzene rings is 2. The smallest absolute Gasteiger partial charge is 0.268 e. The number of rotatable bonds is 4. The first kappa shape index (κ1) is 21.5. The molecule has 0 aromatic heterocycles. The highest BCUT2D eigenvalue weighted by atomic mass is 32.2. The molecule has 0 N–H and O–H groups in total. The van der Waals surface area contributed by atoms with Crippen LogP contribution in [0.3, 0.4) is 0 Å². The summed E-state index contributed by atoms with van der Waals surface area (Å²) in [7, 11) is -3.57. The van der Waals surface area contributed by atoms with Gasteiger partial charge in [0, 0.05) is 30.9 Å². The molecule has 32 heavy (non-hydrogen) atoms. The SMILES string of the molecule is CCN1C(=O)C2(SCC(=O)N2c2ccc(S(=O)(=O)N3CCCCC3)cc2)c2ccccc21. The molecule has 3 heterocycles. The molecule has 3 aliphatic rings. The van der Waals surface area contributed by atoms with E-state index in [-0.39, 0.29) is 22.5 Å². The second-order valence-electron chi connectivity index (χ2n) is 8.19. The summed E-state index contributed by atoms with van der Waals surface area (Å²) >= 11 is 1.32. The third-order valence-electron chi connectivity index (χ3n) is 6.43. The van der Waals surface area contributed by atoms with Gasteiger partial charge in [0.15, 0.2) is 0 Å². The van der Waals surface area contributed by atoms with E-state index in [2.05, 4.69) is 0 Å². The first-order chi connectivity index (χ1) is 15.4. The quantitative estimate of drug-likeness (QED) is 0.685. The van der Waals surface area contributed by atoms with Crippen molar-refractivity contribution >= 4 is 45.0 Å². The van der Waals surface area contributed by atoms with E-state index in [1.807, 2.05) is 31.2 Å². The normalized spacial score (nSPS) is 23.9. The third-order valence-corrected chi connectivity index (χ3v) is 9.73. The predicted octanol–water partition coefficient (Wildman–Crippen LogP) is 3.16. The van der Waals surface area contributed by atoms with Crippen molar-refractivity contribution in [3.8, 4) is 0 Å². The first-order valence-electron chi connectivity index (χ1n) is 10.9. The average molecular weight is 472 g/mol. The summed E-state index contributed by atoms with van der Waals surface area (Å²) in [6.45, 7) is 3.49. The minimum atomic E-state index is -3.57. The fourth-order valence-electron chi connectivity index (χ4n) is 4.89. The van der Waals surface area contributed by atoms with E-state index < -0.39 is 14.9 Å². The molecule has 0 radical (unpaired) electrons. The van der Waals surface area contributed by atoms with Gasteiger partial charge in [-0.3, -0.25) is 14.5 Å². The van der Waals surface area contributed by atoms with Crippen LogP contribution < -0.4 is 9.80 Å². The van der Waals surface area contributed by atoms with Crippen LogP contribution in [0.5, 0.6) is 0 Å². The number of sulfonamides is 1. The van der Waals surface area contributed by atoms with Gasteiger partial charge in [0.25, 0.3) is 5.91 Å². The Bertz CT molecular complexity index is 1180. The van der Waals surface area contributed by atoms with Crippen LogP contribution in [0.4, 0.5) is 11.4 Å². The number of piperidine rings is 1. The zero-order valence-corrected chi connectivity index (χ0v) is 19.5. The number of likely N-dealkylation sites (N-methyl/N-ethyl adjacent to an activating group) is 1. The molecule has 0 saturated carbocycles. The lowest BCUT2D eigenvalue weighted by Crippen LogP contribution is -2.49. The van der Waals surface area contributed by atoms with Crippen LogP contribution >= 0.6 is 11.8 Å². The maximum Gasteiger partial charge on any atom is 0.268 e. The van der Waals surface area contributed by atoms with Crippen molar-refractivity contribution in [1.82, 2.24) is 4.31 Å². The Kier molecular flexibility index (Phi) is 5.30. The number of fused-ring (bicyclic) bond motifs is 2. The Labute approximate surface area is 192 Å². The maximum atomic E-state index is 13.6. The van der Waals surface area contributed by atoms with Gasteiger partial charge in [-0.1, -0.05) is 24.6 Å². The Hall–Kier alpha value is -2.36. The van der Waals surface area contributed by atoms with Crippen LogP contribution in [0, 0.1) is 0 Å². The summed E-state index contributed by atoms with van der Waals surface area (Å²) in [5.74, 6) is -0.115. The van der Waals surface area contributed by atoms with Gasteiger partial charge in [0.2, 0.25) is 20.8 Å². The number of carbonyl (C=O) groups is 2. The average Bonchev–Trinajstić information content (AvgIpc) is 3.29. The number of hydrogen-bond donors (Lipinski definition) is 0. The minimum absolute atomic E-state index is 0.137. The highest BCUT2D eigenvalue weighted by Crippen LogP contribution is 2.55. The topological polar surface area (TPSA) is 78.0 Å². The van der Waals surface area contributed by atoms with Crippen LogP contribution in [-0.2, 0) is 24.5 Å². The van der Waals surface area contributed by atoms with Crippen molar-refractivity contribution in [1.29, 1.82) is 0 Å². The van der Waals surface area contributed by atoms with Crippen LogP contribution in [0.15, 0.2) is 53.4 Å². The molecule has 168 valence electrons.